The number of carbonyl (C=O) groups is 3. The second kappa shape index (κ2) is 6.10. The Kier molecular flexibility index (Phi) is 4.50. The highest BCUT2D eigenvalue weighted by molar-refractivity contribution is 6.10. The second-order valence-corrected chi connectivity index (χ2v) is 5.68. The number of hydrogen-bond donors (Lipinski definition) is 2. The van der Waals surface area contributed by atoms with Crippen molar-refractivity contribution in [1.82, 2.24) is 20.5 Å². The summed E-state index contributed by atoms with van der Waals surface area (Å²) in [5.74, 6) is -2.98. The molecule has 1 fully saturated rings. The molecule has 10 heteroatoms. The van der Waals surface area contributed by atoms with Crippen LogP contribution in [0.3, 0.4) is 0 Å². The van der Waals surface area contributed by atoms with Crippen molar-refractivity contribution < 1.29 is 27.6 Å². The summed E-state index contributed by atoms with van der Waals surface area (Å²) in [5, 5.41) is 3.18. The average Bonchev–Trinajstić information content (AvgIpc) is 2.72. The van der Waals surface area contributed by atoms with Crippen LogP contribution in [0, 0.1) is 5.92 Å². The molecular formula is C14H15F3N4O3. The fourth-order valence-electron chi connectivity index (χ4n) is 2.19. The highest BCUT2D eigenvalue weighted by Gasteiger charge is 2.68. The van der Waals surface area contributed by atoms with E-state index in [-0.39, 0.29) is 18.0 Å². The number of nitrogens with one attached hydrogen (secondary N) is 2. The smallest absolute Gasteiger partial charge is 0.314 e. The number of amides is 4. The van der Waals surface area contributed by atoms with Gasteiger partial charge in [-0.3, -0.25) is 24.8 Å². The van der Waals surface area contributed by atoms with E-state index < -0.39 is 29.7 Å². The van der Waals surface area contributed by atoms with E-state index in [1.807, 2.05) is 0 Å². The average molecular weight is 344 g/mol. The third kappa shape index (κ3) is 3.03. The number of nitrogens with zero attached hydrogens (tertiary/aromatic N) is 2. The number of hydrogen-bond acceptors (Lipinski definition) is 4. The van der Waals surface area contributed by atoms with Crippen molar-refractivity contribution in [2.45, 2.75) is 25.7 Å². The van der Waals surface area contributed by atoms with Crippen LogP contribution in [0.1, 0.15) is 24.2 Å². The van der Waals surface area contributed by atoms with Gasteiger partial charge in [0.2, 0.25) is 0 Å². The molecule has 2 rings (SSSR count). The van der Waals surface area contributed by atoms with Crippen molar-refractivity contribution in [3.63, 3.8) is 0 Å². The lowest BCUT2D eigenvalue weighted by Crippen LogP contribution is -2.69. The van der Waals surface area contributed by atoms with Gasteiger partial charge < -0.3 is 5.32 Å². The Bertz CT molecular complexity index is 663. The summed E-state index contributed by atoms with van der Waals surface area (Å²) in [6, 6.07) is 1.38. The molecule has 130 valence electrons. The zero-order valence-corrected chi connectivity index (χ0v) is 12.8. The number of urea groups is 1. The molecular weight excluding hydrogens is 329 g/mol. The minimum atomic E-state index is -5.22. The van der Waals surface area contributed by atoms with Gasteiger partial charge in [0, 0.05) is 18.9 Å². The van der Waals surface area contributed by atoms with Crippen LogP contribution < -0.4 is 10.6 Å². The quantitative estimate of drug-likeness (QED) is 0.805. The van der Waals surface area contributed by atoms with E-state index in [2.05, 4.69) is 4.98 Å². The standard InChI is InChI=1S/C14H15F3N4O3/c1-8(2)7-21-11(23)13(14(15,16)17,20-12(21)24)19-10(22)9-4-3-5-18-6-9/h3-6,8H,7H2,1-2H3,(H,19,22)(H,20,24)/t13-/m0/s1. The van der Waals surface area contributed by atoms with E-state index in [1.54, 1.807) is 24.5 Å². The summed E-state index contributed by atoms with van der Waals surface area (Å²) >= 11 is 0. The maximum absolute atomic E-state index is 13.5. The number of carbonyl (C=O) groups excluding carboxylic acids is 3. The van der Waals surface area contributed by atoms with Crippen molar-refractivity contribution in [2.24, 2.45) is 5.92 Å². The molecule has 0 radical (unpaired) electrons. The minimum absolute atomic E-state index is 0.175. The Morgan fingerprint density at radius 1 is 1.42 bits per heavy atom. The lowest BCUT2D eigenvalue weighted by Gasteiger charge is -2.30. The summed E-state index contributed by atoms with van der Waals surface area (Å²) < 4.78 is 40.6. The zero-order chi connectivity index (χ0) is 18.1. The van der Waals surface area contributed by atoms with Crippen LogP contribution >= 0.6 is 0 Å². The van der Waals surface area contributed by atoms with Gasteiger partial charge in [0.25, 0.3) is 17.5 Å². The molecule has 0 aliphatic carbocycles. The highest BCUT2D eigenvalue weighted by atomic mass is 19.4. The molecule has 1 aliphatic rings. The van der Waals surface area contributed by atoms with Crippen molar-refractivity contribution in [1.29, 1.82) is 0 Å². The first-order chi connectivity index (χ1) is 11.1. The van der Waals surface area contributed by atoms with E-state index in [0.29, 0.717) is 4.90 Å². The maximum atomic E-state index is 13.5. The van der Waals surface area contributed by atoms with Gasteiger partial charge >= 0.3 is 12.2 Å². The molecule has 2 heterocycles. The third-order valence-electron chi connectivity index (χ3n) is 3.30. The van der Waals surface area contributed by atoms with Gasteiger partial charge in [-0.05, 0) is 18.1 Å². The minimum Gasteiger partial charge on any atom is -0.314 e. The van der Waals surface area contributed by atoms with Gasteiger partial charge in [0.1, 0.15) is 0 Å². The van der Waals surface area contributed by atoms with Crippen LogP contribution in [0.15, 0.2) is 24.5 Å². The van der Waals surface area contributed by atoms with Crippen LogP contribution in [0.4, 0.5) is 18.0 Å². The number of rotatable bonds is 4. The summed E-state index contributed by atoms with van der Waals surface area (Å²) in [6.45, 7) is 3.08. The van der Waals surface area contributed by atoms with Gasteiger partial charge in [0.15, 0.2) is 0 Å². The van der Waals surface area contributed by atoms with Crippen molar-refractivity contribution in [2.75, 3.05) is 6.54 Å². The molecule has 1 saturated heterocycles. The second-order valence-electron chi connectivity index (χ2n) is 5.68. The summed E-state index contributed by atoms with van der Waals surface area (Å²) in [5.41, 5.74) is -3.67. The molecule has 0 unspecified atom stereocenters. The molecule has 1 aliphatic heterocycles. The molecule has 7 nitrogen and oxygen atoms in total. The fraction of sp³-hybridized carbons (Fsp3) is 0.429. The van der Waals surface area contributed by atoms with Crippen LogP contribution in [0.5, 0.6) is 0 Å². The molecule has 24 heavy (non-hydrogen) atoms. The van der Waals surface area contributed by atoms with Gasteiger partial charge in [-0.15, -0.1) is 0 Å². The number of imide groups is 1. The van der Waals surface area contributed by atoms with Crippen LogP contribution in [-0.4, -0.2) is 46.1 Å². The molecule has 0 saturated carbocycles. The Morgan fingerprint density at radius 3 is 2.58 bits per heavy atom. The molecule has 1 aromatic rings. The molecule has 1 atom stereocenters. The van der Waals surface area contributed by atoms with E-state index in [9.17, 15) is 27.6 Å². The van der Waals surface area contributed by atoms with Crippen LogP contribution in [0.25, 0.3) is 0 Å². The predicted octanol–water partition coefficient (Wildman–Crippen LogP) is 1.28. The highest BCUT2D eigenvalue weighted by Crippen LogP contribution is 2.34. The topological polar surface area (TPSA) is 91.4 Å². The van der Waals surface area contributed by atoms with Gasteiger partial charge in [0.05, 0.1) is 5.56 Å². The van der Waals surface area contributed by atoms with E-state index >= 15 is 0 Å². The van der Waals surface area contributed by atoms with E-state index in [1.165, 1.54) is 18.3 Å². The van der Waals surface area contributed by atoms with Crippen molar-refractivity contribution in [3.05, 3.63) is 30.1 Å². The first-order valence-corrected chi connectivity index (χ1v) is 7.02. The Morgan fingerprint density at radius 2 is 2.08 bits per heavy atom. The molecule has 1 aromatic heterocycles. The Hall–Kier alpha value is -2.65. The zero-order valence-electron chi connectivity index (χ0n) is 12.8. The molecule has 0 spiro atoms. The number of pyridine rings is 1. The first-order valence-electron chi connectivity index (χ1n) is 7.02. The third-order valence-corrected chi connectivity index (χ3v) is 3.30. The predicted molar refractivity (Wildman–Crippen MR) is 75.6 cm³/mol. The normalized spacial score (nSPS) is 21.2. The number of aromatic nitrogens is 1. The fourth-order valence-corrected chi connectivity index (χ4v) is 2.19. The SMILES string of the molecule is CC(C)CN1C(=O)N[C@](NC(=O)c2cccnc2)(C(F)(F)F)C1=O. The largest absolute Gasteiger partial charge is 0.440 e. The number of halogens is 3. The van der Waals surface area contributed by atoms with Gasteiger partial charge in [-0.2, -0.15) is 13.2 Å². The van der Waals surface area contributed by atoms with Crippen LogP contribution in [0.2, 0.25) is 0 Å². The molecule has 0 aromatic carbocycles. The summed E-state index contributed by atoms with van der Waals surface area (Å²) in [4.78, 5) is 40.2. The Balaban J connectivity index is 2.37. The Labute approximate surface area is 135 Å². The van der Waals surface area contributed by atoms with E-state index in [4.69, 9.17) is 0 Å². The lowest BCUT2D eigenvalue weighted by molar-refractivity contribution is -0.200. The monoisotopic (exact) mass is 344 g/mol. The molecule has 0 bridgehead atoms. The summed E-state index contributed by atoms with van der Waals surface area (Å²) in [7, 11) is 0. The van der Waals surface area contributed by atoms with Crippen molar-refractivity contribution in [3.8, 4) is 0 Å². The molecule has 2 N–H and O–H groups in total. The van der Waals surface area contributed by atoms with Gasteiger partial charge in [-0.25, -0.2) is 4.79 Å². The summed E-state index contributed by atoms with van der Waals surface area (Å²) in [6.07, 6.45) is -2.83. The number of alkyl halides is 3. The molecule has 4 amide bonds. The maximum Gasteiger partial charge on any atom is 0.440 e. The van der Waals surface area contributed by atoms with Crippen LogP contribution in [-0.2, 0) is 4.79 Å². The lowest BCUT2D eigenvalue weighted by atomic mass is 10.1. The first kappa shape index (κ1) is 17.7. The van der Waals surface area contributed by atoms with Gasteiger partial charge in [-0.1, -0.05) is 13.8 Å². The van der Waals surface area contributed by atoms with E-state index in [0.717, 1.165) is 6.20 Å². The van der Waals surface area contributed by atoms with Crippen molar-refractivity contribution >= 4 is 17.8 Å².